The van der Waals surface area contributed by atoms with Crippen LogP contribution in [0.1, 0.15) is 0 Å². The summed E-state index contributed by atoms with van der Waals surface area (Å²) in [4.78, 5) is 0. The highest BCUT2D eigenvalue weighted by Crippen LogP contribution is 2.29. The summed E-state index contributed by atoms with van der Waals surface area (Å²) >= 11 is 9.09. The summed E-state index contributed by atoms with van der Waals surface area (Å²) in [5.41, 5.74) is 3.10. The van der Waals surface area contributed by atoms with E-state index in [4.69, 9.17) is 10.0 Å². The molecule has 0 aromatic heterocycles. The van der Waals surface area contributed by atoms with Crippen molar-refractivity contribution in [2.75, 3.05) is 0 Å². The molecule has 2 nitrogen and oxygen atoms in total. The first-order chi connectivity index (χ1) is 18.4. The second-order valence-corrected chi connectivity index (χ2v) is 11.5. The van der Waals surface area contributed by atoms with Gasteiger partial charge in [-0.05, 0) is 97.1 Å². The average molecular weight is 757 g/mol. The van der Waals surface area contributed by atoms with Crippen LogP contribution in [0.4, 0.5) is 0 Å². The zero-order chi connectivity index (χ0) is 26.9. The van der Waals surface area contributed by atoms with E-state index in [0.29, 0.717) is 5.46 Å². The first-order valence-electron chi connectivity index (χ1n) is 11.9. The SMILES string of the molecule is Brc1ccc(-c2cccc3ccccc23)cc1.Brc1ccc(I)cc1.OB(O)c1cccc2ccccc12.[F-]. The van der Waals surface area contributed by atoms with Crippen molar-refractivity contribution in [1.82, 2.24) is 0 Å². The minimum absolute atomic E-state index is 0. The Morgan fingerprint density at radius 2 is 0.974 bits per heavy atom. The van der Waals surface area contributed by atoms with E-state index < -0.39 is 7.12 Å². The fourth-order valence-corrected chi connectivity index (χ4v) is 4.90. The molecule has 7 heteroatoms. The predicted molar refractivity (Wildman–Crippen MR) is 178 cm³/mol. The lowest BCUT2D eigenvalue weighted by Gasteiger charge is -2.06. The number of fused-ring (bicyclic) bond motifs is 2. The molecule has 0 saturated heterocycles. The lowest BCUT2D eigenvalue weighted by molar-refractivity contribution is -0.00000953. The Labute approximate surface area is 258 Å². The van der Waals surface area contributed by atoms with Gasteiger partial charge in [-0.1, -0.05) is 129 Å². The van der Waals surface area contributed by atoms with Gasteiger partial charge < -0.3 is 14.8 Å². The van der Waals surface area contributed by atoms with E-state index in [-0.39, 0.29) is 4.70 Å². The second kappa shape index (κ2) is 15.3. The Hall–Kier alpha value is -2.56. The van der Waals surface area contributed by atoms with Crippen molar-refractivity contribution in [2.24, 2.45) is 0 Å². The molecule has 0 atom stereocenters. The maximum absolute atomic E-state index is 9.08. The van der Waals surface area contributed by atoms with Crippen LogP contribution in [0.2, 0.25) is 0 Å². The summed E-state index contributed by atoms with van der Waals surface area (Å²) in [5, 5.41) is 22.7. The van der Waals surface area contributed by atoms with E-state index in [1.54, 1.807) is 6.07 Å². The quantitative estimate of drug-likeness (QED) is 0.172. The number of hydrogen-bond donors (Lipinski definition) is 2. The van der Waals surface area contributed by atoms with Gasteiger partial charge in [-0.25, -0.2) is 0 Å². The lowest BCUT2D eigenvalue weighted by Crippen LogP contribution is -3.00. The van der Waals surface area contributed by atoms with Gasteiger partial charge >= 0.3 is 7.12 Å². The first-order valence-corrected chi connectivity index (χ1v) is 14.6. The lowest BCUT2D eigenvalue weighted by atomic mass is 9.77. The van der Waals surface area contributed by atoms with E-state index in [1.165, 1.54) is 25.5 Å². The van der Waals surface area contributed by atoms with Crippen molar-refractivity contribution in [3.8, 4) is 11.1 Å². The number of benzene rings is 6. The number of hydrogen-bond acceptors (Lipinski definition) is 2. The van der Waals surface area contributed by atoms with Crippen molar-refractivity contribution in [3.63, 3.8) is 0 Å². The molecule has 2 N–H and O–H groups in total. The van der Waals surface area contributed by atoms with Crippen molar-refractivity contribution in [3.05, 3.63) is 146 Å². The van der Waals surface area contributed by atoms with Crippen molar-refractivity contribution >= 4 is 88.6 Å². The smallest absolute Gasteiger partial charge is 0.489 e. The molecule has 0 heterocycles. The highest BCUT2D eigenvalue weighted by Gasteiger charge is 2.13. The largest absolute Gasteiger partial charge is 1.00 e. The summed E-state index contributed by atoms with van der Waals surface area (Å²) in [6.07, 6.45) is 0. The molecule has 0 spiro atoms. The normalized spacial score (nSPS) is 9.97. The third-order valence-corrected chi connectivity index (χ3v) is 7.63. The standard InChI is InChI=1S/C16H11Br.C10H9BO2.C6H4BrI.FH/c17-14-10-8-13(9-11-14)16-7-3-5-12-4-1-2-6-15(12)16;12-11(13)10-7-3-5-8-4-1-2-6-9(8)10;7-5-1-3-6(8)4-2-5;/h1-11H;1-7,12-13H;1-4H;1H/p-1. The second-order valence-electron chi connectivity index (χ2n) is 8.41. The zero-order valence-electron chi connectivity index (χ0n) is 20.7. The minimum atomic E-state index is -1.40. The van der Waals surface area contributed by atoms with Crippen LogP contribution in [0.25, 0.3) is 32.7 Å². The topological polar surface area (TPSA) is 40.5 Å². The Morgan fingerprint density at radius 1 is 0.513 bits per heavy atom. The highest BCUT2D eigenvalue weighted by atomic mass is 127. The highest BCUT2D eigenvalue weighted by molar-refractivity contribution is 14.1. The number of rotatable bonds is 2. The van der Waals surface area contributed by atoms with E-state index in [1.807, 2.05) is 48.5 Å². The number of halogens is 4. The van der Waals surface area contributed by atoms with Gasteiger partial charge in [-0.3, -0.25) is 0 Å². The minimum Gasteiger partial charge on any atom is -1.00 e. The molecule has 0 fully saturated rings. The van der Waals surface area contributed by atoms with Crippen LogP contribution in [0.15, 0.2) is 142 Å². The molecule has 0 aliphatic rings. The monoisotopic (exact) mass is 755 g/mol. The van der Waals surface area contributed by atoms with Crippen LogP contribution < -0.4 is 10.2 Å². The maximum Gasteiger partial charge on any atom is 0.489 e. The van der Waals surface area contributed by atoms with Crippen LogP contribution in [0, 0.1) is 3.57 Å². The summed E-state index contributed by atoms with van der Waals surface area (Å²) in [6.45, 7) is 0. The van der Waals surface area contributed by atoms with Crippen LogP contribution in [-0.2, 0) is 0 Å². The van der Waals surface area contributed by atoms with Crippen molar-refractivity contribution in [1.29, 1.82) is 0 Å². The zero-order valence-corrected chi connectivity index (χ0v) is 26.0. The maximum atomic E-state index is 9.08. The summed E-state index contributed by atoms with van der Waals surface area (Å²) in [6, 6.07) is 44.7. The Bertz CT molecular complexity index is 1600. The molecule has 6 aromatic rings. The van der Waals surface area contributed by atoms with Gasteiger partial charge in [-0.2, -0.15) is 0 Å². The van der Waals surface area contributed by atoms with Crippen LogP contribution in [0.5, 0.6) is 0 Å². The van der Waals surface area contributed by atoms with Gasteiger partial charge in [0, 0.05) is 12.5 Å². The van der Waals surface area contributed by atoms with Gasteiger partial charge in [0.05, 0.1) is 0 Å². The van der Waals surface area contributed by atoms with Crippen LogP contribution in [-0.4, -0.2) is 17.2 Å². The molecule has 0 saturated carbocycles. The van der Waals surface area contributed by atoms with Gasteiger partial charge in [-0.15, -0.1) is 0 Å². The van der Waals surface area contributed by atoms with Crippen LogP contribution in [0.3, 0.4) is 0 Å². The van der Waals surface area contributed by atoms with Gasteiger partial charge in [0.1, 0.15) is 0 Å². The average Bonchev–Trinajstić information content (AvgIpc) is 2.95. The fourth-order valence-electron chi connectivity index (χ4n) is 4.01. The van der Waals surface area contributed by atoms with Gasteiger partial charge in [0.15, 0.2) is 0 Å². The third kappa shape index (κ3) is 8.72. The van der Waals surface area contributed by atoms with Crippen molar-refractivity contribution in [2.45, 2.75) is 0 Å². The molecule has 0 aliphatic carbocycles. The van der Waals surface area contributed by atoms with E-state index in [2.05, 4.69) is 133 Å². The molecule has 0 unspecified atom stereocenters. The molecule has 196 valence electrons. The Kier molecular flexibility index (Phi) is 12.1. The summed E-state index contributed by atoms with van der Waals surface area (Å²) in [5.74, 6) is 0. The molecular formula is C32H24BBr2FIO2-. The molecule has 6 rings (SSSR count). The van der Waals surface area contributed by atoms with E-state index in [0.717, 1.165) is 19.7 Å². The Balaban J connectivity index is 0.000000170. The molecule has 0 aliphatic heterocycles. The molecule has 6 aromatic carbocycles. The van der Waals surface area contributed by atoms with Crippen molar-refractivity contribution < 1.29 is 14.8 Å². The summed E-state index contributed by atoms with van der Waals surface area (Å²) < 4.78 is 3.52. The molecule has 0 bridgehead atoms. The van der Waals surface area contributed by atoms with E-state index >= 15 is 0 Å². The van der Waals surface area contributed by atoms with Crippen LogP contribution >= 0.6 is 54.5 Å². The Morgan fingerprint density at radius 3 is 1.54 bits per heavy atom. The third-order valence-electron chi connectivity index (χ3n) is 5.85. The molecule has 0 amide bonds. The molecule has 39 heavy (non-hydrogen) atoms. The molecule has 0 radical (unpaired) electrons. The molecular weight excluding hydrogens is 733 g/mol. The summed E-state index contributed by atoms with van der Waals surface area (Å²) in [7, 11) is -1.40. The first kappa shape index (κ1) is 31.0. The predicted octanol–water partition coefficient (Wildman–Crippen LogP) is 5.85. The van der Waals surface area contributed by atoms with E-state index in [9.17, 15) is 0 Å². The van der Waals surface area contributed by atoms with Gasteiger partial charge in [0.2, 0.25) is 0 Å². The fraction of sp³-hybridized carbons (Fsp3) is 0. The van der Waals surface area contributed by atoms with Gasteiger partial charge in [0.25, 0.3) is 0 Å².